The predicted molar refractivity (Wildman–Crippen MR) is 33.1 cm³/mol. The van der Waals surface area contributed by atoms with Gasteiger partial charge in [-0.2, -0.15) is 0 Å². The van der Waals surface area contributed by atoms with Crippen molar-refractivity contribution in [3.05, 3.63) is 0 Å². The Bertz CT molecular complexity index is 74.7. The fraction of sp³-hybridized carbons (Fsp3) is 1.00. The fourth-order valence-electron chi connectivity index (χ4n) is 0. The molecule has 1 atom stereocenters. The van der Waals surface area contributed by atoms with Gasteiger partial charge in [-0.25, -0.2) is 0 Å². The van der Waals surface area contributed by atoms with Crippen LogP contribution in [0.2, 0.25) is 0 Å². The van der Waals surface area contributed by atoms with Gasteiger partial charge in [-0.15, -0.1) is 11.6 Å². The molecule has 4 N–H and O–H groups in total. The average molecular weight is 366 g/mol. The Kier molecular flexibility index (Phi) is 8.58. The van der Waals surface area contributed by atoms with Crippen LogP contribution >= 0.6 is 34.8 Å². The SMILES string of the molecule is NC(Cl)C(N)(Cl)Cl.[O]=[Re]. The molecule has 0 aliphatic heterocycles. The quantitative estimate of drug-likeness (QED) is 0.524. The Morgan fingerprint density at radius 3 is 1.56 bits per heavy atom. The maximum absolute atomic E-state index is 8.31. The monoisotopic (exact) mass is 365 g/mol. The summed E-state index contributed by atoms with van der Waals surface area (Å²) in [5, 5.41) is 0. The first-order valence-electron chi connectivity index (χ1n) is 1.66. The normalized spacial score (nSPS) is 13.4. The van der Waals surface area contributed by atoms with Gasteiger partial charge < -0.3 is 5.73 Å². The van der Waals surface area contributed by atoms with Gasteiger partial charge in [-0.3, -0.25) is 5.73 Å². The molecular weight excluding hydrogens is 361 g/mol. The second-order valence-electron chi connectivity index (χ2n) is 1.08. The van der Waals surface area contributed by atoms with Crippen molar-refractivity contribution in [2.75, 3.05) is 0 Å². The van der Waals surface area contributed by atoms with Crippen LogP contribution in [0, 0.1) is 0 Å². The zero-order valence-corrected chi connectivity index (χ0v) is 9.14. The Morgan fingerprint density at radius 2 is 1.56 bits per heavy atom. The maximum atomic E-state index is 8.31. The van der Waals surface area contributed by atoms with Gasteiger partial charge >= 0.3 is 22.6 Å². The minimum atomic E-state index is -1.51. The van der Waals surface area contributed by atoms with Gasteiger partial charge in [0.25, 0.3) is 0 Å². The van der Waals surface area contributed by atoms with Crippen LogP contribution < -0.4 is 11.5 Å². The van der Waals surface area contributed by atoms with Crippen LogP contribution in [0.1, 0.15) is 0 Å². The molecule has 0 rings (SSSR count). The number of hydrogen-bond acceptors (Lipinski definition) is 3. The molecule has 7 heteroatoms. The first-order chi connectivity index (χ1) is 3.94. The standard InChI is InChI=1S/C2H5Cl3N2.O.Re/c3-1(6)2(4,5)7;;/h1H,6-7H2;;. The Morgan fingerprint density at radius 1 is 1.44 bits per heavy atom. The molecule has 0 aromatic carbocycles. The van der Waals surface area contributed by atoms with Crippen LogP contribution in [-0.4, -0.2) is 9.96 Å². The summed E-state index contributed by atoms with van der Waals surface area (Å²) in [6.07, 6.45) is 0. The van der Waals surface area contributed by atoms with Crippen molar-refractivity contribution in [2.24, 2.45) is 11.5 Å². The second kappa shape index (κ2) is 5.99. The van der Waals surface area contributed by atoms with Crippen LogP contribution in [0.15, 0.2) is 0 Å². The molecule has 0 aliphatic carbocycles. The van der Waals surface area contributed by atoms with E-state index >= 15 is 0 Å². The number of nitrogens with two attached hydrogens (primary N) is 2. The van der Waals surface area contributed by atoms with E-state index in [4.69, 9.17) is 49.7 Å². The summed E-state index contributed by atoms with van der Waals surface area (Å²) in [6, 6.07) is 0. The topological polar surface area (TPSA) is 69.1 Å². The van der Waals surface area contributed by atoms with Crippen molar-refractivity contribution in [2.45, 2.75) is 9.96 Å². The van der Waals surface area contributed by atoms with Gasteiger partial charge in [0.2, 0.25) is 0 Å². The first kappa shape index (κ1) is 12.9. The van der Waals surface area contributed by atoms with Crippen molar-refractivity contribution < 1.29 is 22.6 Å². The van der Waals surface area contributed by atoms with Gasteiger partial charge in [0.15, 0.2) is 4.46 Å². The van der Waals surface area contributed by atoms with Gasteiger partial charge in [0, 0.05) is 0 Å². The van der Waals surface area contributed by atoms with E-state index in [0.29, 0.717) is 19.2 Å². The molecule has 0 amide bonds. The van der Waals surface area contributed by atoms with Crippen LogP contribution in [0.25, 0.3) is 0 Å². The summed E-state index contributed by atoms with van der Waals surface area (Å²) in [6.45, 7) is 0. The van der Waals surface area contributed by atoms with Crippen LogP contribution in [0.4, 0.5) is 0 Å². The molecule has 0 heterocycles. The second-order valence-corrected chi connectivity index (χ2v) is 2.99. The zero-order chi connectivity index (χ0) is 8.08. The number of alkyl halides is 3. The molecule has 0 aromatic heterocycles. The van der Waals surface area contributed by atoms with E-state index in [1.807, 2.05) is 0 Å². The molecule has 3 nitrogen and oxygen atoms in total. The molecule has 0 aromatic rings. The summed E-state index contributed by atoms with van der Waals surface area (Å²) in [7, 11) is 0. The predicted octanol–water partition coefficient (Wildman–Crippen LogP) is 0.479. The molecular formula is C2H5Cl3N2ORe. The van der Waals surface area contributed by atoms with Crippen LogP contribution in [0.3, 0.4) is 0 Å². The third-order valence-electron chi connectivity index (χ3n) is 0.368. The van der Waals surface area contributed by atoms with Crippen molar-refractivity contribution >= 4 is 34.8 Å². The Hall–Kier alpha value is 1.25. The van der Waals surface area contributed by atoms with E-state index in [-0.39, 0.29) is 0 Å². The van der Waals surface area contributed by atoms with E-state index in [2.05, 4.69) is 0 Å². The minimum absolute atomic E-state index is 0.472. The zero-order valence-electron chi connectivity index (χ0n) is 4.15. The molecule has 0 saturated carbocycles. The van der Waals surface area contributed by atoms with Crippen LogP contribution in [0.5, 0.6) is 0 Å². The van der Waals surface area contributed by atoms with Gasteiger partial charge in [0.05, 0.1) is 0 Å². The summed E-state index contributed by atoms with van der Waals surface area (Å²) >= 11 is 15.9. The first-order valence-corrected chi connectivity index (χ1v) is 3.96. The van der Waals surface area contributed by atoms with Gasteiger partial charge in [-0.05, 0) is 0 Å². The summed E-state index contributed by atoms with van der Waals surface area (Å²) in [5.74, 6) is 0. The van der Waals surface area contributed by atoms with Crippen molar-refractivity contribution in [3.8, 4) is 0 Å². The summed E-state index contributed by atoms with van der Waals surface area (Å²) < 4.78 is 6.79. The van der Waals surface area contributed by atoms with E-state index < -0.39 is 9.96 Å². The molecule has 0 bridgehead atoms. The Labute approximate surface area is 78.7 Å². The van der Waals surface area contributed by atoms with Crippen LogP contribution in [-0.2, 0) is 22.6 Å². The van der Waals surface area contributed by atoms with Crippen molar-refractivity contribution in [3.63, 3.8) is 0 Å². The van der Waals surface area contributed by atoms with E-state index in [9.17, 15) is 0 Å². The van der Waals surface area contributed by atoms with E-state index in [1.54, 1.807) is 0 Å². The number of halogens is 3. The molecule has 0 saturated heterocycles. The molecule has 57 valence electrons. The molecule has 0 radical (unpaired) electrons. The Balaban J connectivity index is 0. The molecule has 0 fully saturated rings. The molecule has 0 aliphatic rings. The van der Waals surface area contributed by atoms with E-state index in [1.165, 1.54) is 0 Å². The van der Waals surface area contributed by atoms with Gasteiger partial charge in [-0.1, -0.05) is 23.2 Å². The fourth-order valence-corrected chi connectivity index (χ4v) is 0. The summed E-state index contributed by atoms with van der Waals surface area (Å²) in [4.78, 5) is 0. The van der Waals surface area contributed by atoms with Crippen molar-refractivity contribution in [1.29, 1.82) is 0 Å². The molecule has 1 unspecified atom stereocenters. The van der Waals surface area contributed by atoms with E-state index in [0.717, 1.165) is 0 Å². The third kappa shape index (κ3) is 9.25. The third-order valence-corrected chi connectivity index (χ3v) is 1.41. The summed E-state index contributed by atoms with van der Waals surface area (Å²) in [5.41, 5.74) is 8.98. The number of hydrogen-bond donors (Lipinski definition) is 2. The van der Waals surface area contributed by atoms with Crippen molar-refractivity contribution in [1.82, 2.24) is 0 Å². The number of rotatable bonds is 1. The van der Waals surface area contributed by atoms with Gasteiger partial charge in [0.1, 0.15) is 5.50 Å². The molecule has 0 spiro atoms. The molecule has 9 heavy (non-hydrogen) atoms. The average Bonchev–Trinajstić information content (AvgIpc) is 1.69.